The van der Waals surface area contributed by atoms with Crippen molar-refractivity contribution in [3.8, 4) is 0 Å². The summed E-state index contributed by atoms with van der Waals surface area (Å²) in [7, 11) is 1.31. The van der Waals surface area contributed by atoms with Crippen LogP contribution in [0.2, 0.25) is 0 Å². The van der Waals surface area contributed by atoms with Crippen LogP contribution in [0.3, 0.4) is 0 Å². The summed E-state index contributed by atoms with van der Waals surface area (Å²) >= 11 is 0. The van der Waals surface area contributed by atoms with E-state index in [9.17, 15) is 9.59 Å². The molecule has 0 rings (SSSR count). The molecule has 0 aromatic rings. The average molecular weight is 329 g/mol. The lowest BCUT2D eigenvalue weighted by atomic mass is 10.1. The average Bonchev–Trinajstić information content (AvgIpc) is 2.43. The lowest BCUT2D eigenvalue weighted by molar-refractivity contribution is -0.143. The Hall–Kier alpha value is -1.99. The van der Waals surface area contributed by atoms with Crippen LogP contribution in [-0.4, -0.2) is 54.6 Å². The van der Waals surface area contributed by atoms with E-state index in [1.807, 2.05) is 27.7 Å². The fraction of sp³-hybridized carbons (Fsp3) is 0.800. The van der Waals surface area contributed by atoms with Crippen molar-refractivity contribution in [2.24, 2.45) is 16.5 Å². The maximum atomic E-state index is 12.4. The molecule has 0 unspecified atom stereocenters. The monoisotopic (exact) mass is 329 g/mol. The normalized spacial score (nSPS) is 12.0. The summed E-state index contributed by atoms with van der Waals surface area (Å²) in [5, 5.41) is 2.76. The van der Waals surface area contributed by atoms with E-state index in [1.165, 1.54) is 7.11 Å². The van der Waals surface area contributed by atoms with Crippen LogP contribution in [-0.2, 0) is 9.53 Å². The molecule has 0 bridgehead atoms. The Balaban J connectivity index is 4.64. The molecule has 2 amide bonds. The van der Waals surface area contributed by atoms with Crippen molar-refractivity contribution in [2.75, 3.05) is 13.7 Å². The van der Waals surface area contributed by atoms with E-state index in [2.05, 4.69) is 10.3 Å². The highest BCUT2D eigenvalue weighted by Gasteiger charge is 2.26. The van der Waals surface area contributed by atoms with E-state index >= 15 is 0 Å². The number of aliphatic imine (C=N–C) groups is 1. The number of unbranched alkanes of at least 4 members (excludes halogenated alkanes) is 1. The first-order valence-corrected chi connectivity index (χ1v) is 7.92. The number of amides is 2. The second kappa shape index (κ2) is 10.7. The molecule has 8 heteroatoms. The Labute approximate surface area is 138 Å². The number of guanidine groups is 1. The highest BCUT2D eigenvalue weighted by molar-refractivity contribution is 5.83. The molecule has 8 nitrogen and oxygen atoms in total. The minimum absolute atomic E-state index is 0.0372. The summed E-state index contributed by atoms with van der Waals surface area (Å²) < 4.78 is 4.77. The van der Waals surface area contributed by atoms with E-state index in [1.54, 1.807) is 4.90 Å². The van der Waals surface area contributed by atoms with Gasteiger partial charge in [-0.3, -0.25) is 4.99 Å². The highest BCUT2D eigenvalue weighted by Crippen LogP contribution is 2.09. The van der Waals surface area contributed by atoms with Gasteiger partial charge in [0.1, 0.15) is 6.04 Å². The second-order valence-electron chi connectivity index (χ2n) is 5.92. The van der Waals surface area contributed by atoms with Crippen molar-refractivity contribution < 1.29 is 14.3 Å². The Bertz CT molecular complexity index is 398. The molecule has 0 saturated carbocycles. The number of esters is 1. The van der Waals surface area contributed by atoms with E-state index in [4.69, 9.17) is 16.2 Å². The van der Waals surface area contributed by atoms with Crippen LogP contribution in [0.4, 0.5) is 4.79 Å². The quantitative estimate of drug-likeness (QED) is 0.250. The van der Waals surface area contributed by atoms with Crippen LogP contribution in [0.1, 0.15) is 47.0 Å². The van der Waals surface area contributed by atoms with Gasteiger partial charge in [-0.25, -0.2) is 9.59 Å². The molecule has 0 aromatic heterocycles. The standard InChI is InChI=1S/C15H31N5O3/c1-10(2)20(11(3)4)15(22)19-12(13(21)23-5)8-6-7-9-18-14(16)17/h10-12H,6-9H2,1-5H3,(H,19,22)(H4,16,17,18)/t12-/m0/s1. The molecule has 1 atom stereocenters. The zero-order chi connectivity index (χ0) is 18.0. The van der Waals surface area contributed by atoms with E-state index in [0.29, 0.717) is 19.4 Å². The molecule has 23 heavy (non-hydrogen) atoms. The zero-order valence-electron chi connectivity index (χ0n) is 14.8. The number of hydrogen-bond acceptors (Lipinski definition) is 4. The molecule has 0 aromatic carbocycles. The molecular formula is C15H31N5O3. The predicted octanol–water partition coefficient (Wildman–Crippen LogP) is 0.800. The lowest BCUT2D eigenvalue weighted by Gasteiger charge is -2.32. The van der Waals surface area contributed by atoms with Gasteiger partial charge in [0.05, 0.1) is 7.11 Å². The Kier molecular flexibility index (Phi) is 9.76. The van der Waals surface area contributed by atoms with Gasteiger partial charge < -0.3 is 26.4 Å². The number of ether oxygens (including phenoxy) is 1. The van der Waals surface area contributed by atoms with Gasteiger partial charge in [-0.15, -0.1) is 0 Å². The third-order valence-electron chi connectivity index (χ3n) is 3.33. The number of methoxy groups -OCH3 is 1. The van der Waals surface area contributed by atoms with Crippen molar-refractivity contribution in [1.82, 2.24) is 10.2 Å². The summed E-state index contributed by atoms with van der Waals surface area (Å²) in [6, 6.07) is -0.869. The first-order valence-electron chi connectivity index (χ1n) is 7.92. The van der Waals surface area contributed by atoms with Crippen molar-refractivity contribution in [1.29, 1.82) is 0 Å². The maximum absolute atomic E-state index is 12.4. The van der Waals surface area contributed by atoms with Gasteiger partial charge in [0.25, 0.3) is 0 Å². The lowest BCUT2D eigenvalue weighted by Crippen LogP contribution is -2.52. The Morgan fingerprint density at radius 1 is 1.13 bits per heavy atom. The number of rotatable bonds is 9. The van der Waals surface area contributed by atoms with Gasteiger partial charge in [0, 0.05) is 18.6 Å². The highest BCUT2D eigenvalue weighted by atomic mass is 16.5. The summed E-state index contributed by atoms with van der Waals surface area (Å²) in [6.45, 7) is 8.22. The fourth-order valence-corrected chi connectivity index (χ4v) is 2.35. The third-order valence-corrected chi connectivity index (χ3v) is 3.33. The zero-order valence-corrected chi connectivity index (χ0v) is 14.8. The summed E-state index contributed by atoms with van der Waals surface area (Å²) in [4.78, 5) is 29.8. The van der Waals surface area contributed by atoms with Crippen LogP contribution < -0.4 is 16.8 Å². The molecule has 0 radical (unpaired) electrons. The number of nitrogens with zero attached hydrogens (tertiary/aromatic N) is 2. The number of urea groups is 1. The SMILES string of the molecule is COC(=O)[C@H](CCCCN=C(N)N)NC(=O)N(C(C)C)C(C)C. The molecule has 0 aliphatic heterocycles. The fourth-order valence-electron chi connectivity index (χ4n) is 2.35. The van der Waals surface area contributed by atoms with Crippen LogP contribution in [0.15, 0.2) is 4.99 Å². The van der Waals surface area contributed by atoms with Gasteiger partial charge in [0.2, 0.25) is 0 Å². The Morgan fingerprint density at radius 3 is 2.13 bits per heavy atom. The van der Waals surface area contributed by atoms with Crippen LogP contribution in [0.25, 0.3) is 0 Å². The van der Waals surface area contributed by atoms with Crippen LogP contribution >= 0.6 is 0 Å². The largest absolute Gasteiger partial charge is 0.467 e. The van der Waals surface area contributed by atoms with Gasteiger partial charge in [-0.05, 0) is 47.0 Å². The van der Waals surface area contributed by atoms with Crippen molar-refractivity contribution in [2.45, 2.75) is 65.1 Å². The topological polar surface area (TPSA) is 123 Å². The Morgan fingerprint density at radius 2 is 1.70 bits per heavy atom. The second-order valence-corrected chi connectivity index (χ2v) is 5.92. The molecule has 0 aliphatic carbocycles. The van der Waals surface area contributed by atoms with Crippen molar-refractivity contribution in [3.05, 3.63) is 0 Å². The summed E-state index contributed by atoms with van der Waals surface area (Å²) in [5.41, 5.74) is 10.5. The number of hydrogen-bond donors (Lipinski definition) is 3. The molecule has 0 spiro atoms. The number of carbonyl (C=O) groups excluding carboxylic acids is 2. The first kappa shape index (κ1) is 21.0. The van der Waals surface area contributed by atoms with Crippen molar-refractivity contribution in [3.63, 3.8) is 0 Å². The number of nitrogens with one attached hydrogen (secondary N) is 1. The predicted molar refractivity (Wildman–Crippen MR) is 91.0 cm³/mol. The van der Waals surface area contributed by atoms with Gasteiger partial charge in [-0.2, -0.15) is 0 Å². The molecule has 0 fully saturated rings. The van der Waals surface area contributed by atoms with E-state index in [-0.39, 0.29) is 24.1 Å². The molecule has 134 valence electrons. The first-order chi connectivity index (χ1) is 10.7. The molecule has 5 N–H and O–H groups in total. The molecule has 0 aliphatic rings. The smallest absolute Gasteiger partial charge is 0.328 e. The maximum Gasteiger partial charge on any atom is 0.328 e. The van der Waals surface area contributed by atoms with Crippen LogP contribution in [0.5, 0.6) is 0 Å². The molecular weight excluding hydrogens is 298 g/mol. The number of carbonyl (C=O) groups is 2. The third kappa shape index (κ3) is 8.27. The van der Waals surface area contributed by atoms with Crippen LogP contribution in [0, 0.1) is 0 Å². The van der Waals surface area contributed by atoms with Crippen molar-refractivity contribution >= 4 is 18.0 Å². The van der Waals surface area contributed by atoms with E-state index in [0.717, 1.165) is 6.42 Å². The molecule has 0 saturated heterocycles. The van der Waals surface area contributed by atoms with Gasteiger partial charge in [-0.1, -0.05) is 0 Å². The van der Waals surface area contributed by atoms with E-state index < -0.39 is 12.0 Å². The minimum Gasteiger partial charge on any atom is -0.467 e. The summed E-state index contributed by atoms with van der Waals surface area (Å²) in [6.07, 6.45) is 1.89. The number of nitrogens with two attached hydrogens (primary N) is 2. The van der Waals surface area contributed by atoms with Gasteiger partial charge >= 0.3 is 12.0 Å². The minimum atomic E-state index is -0.674. The molecule has 0 heterocycles. The summed E-state index contributed by atoms with van der Waals surface area (Å²) in [5.74, 6) is -0.403. The van der Waals surface area contributed by atoms with Gasteiger partial charge in [0.15, 0.2) is 5.96 Å².